The summed E-state index contributed by atoms with van der Waals surface area (Å²) in [7, 11) is -2.71. The van der Waals surface area contributed by atoms with Crippen LogP contribution in [0.25, 0.3) is 0 Å². The topological polar surface area (TPSA) is 116 Å². The molecule has 1 aromatic carbocycles. The number of likely N-dealkylation sites (N-methyl/N-ethyl adjacent to an activating group) is 1. The third-order valence-electron chi connectivity index (χ3n) is 4.14. The second kappa shape index (κ2) is 8.44. The standard InChI is InChI=1S/C16H26N4O5S2/c1-19(2)9-10-20(15-8-11-27(24,25)12-15)16(21)17-13-4-6-14(7-5-13)18-26(3,22)23/h4-7,15,18H,8-12H2,1-3H3,(H,17,21). The fourth-order valence-electron chi connectivity index (χ4n) is 2.81. The first-order chi connectivity index (χ1) is 12.5. The molecule has 0 bridgehead atoms. The molecule has 0 radical (unpaired) electrons. The van der Waals surface area contributed by atoms with Crippen LogP contribution in [0.15, 0.2) is 24.3 Å². The minimum absolute atomic E-state index is 0.0228. The molecule has 0 spiro atoms. The van der Waals surface area contributed by atoms with Gasteiger partial charge in [0.25, 0.3) is 0 Å². The Bertz CT molecular complexity index is 867. The number of hydrogen-bond acceptors (Lipinski definition) is 6. The van der Waals surface area contributed by atoms with Crippen LogP contribution in [-0.4, -0.2) is 83.7 Å². The molecule has 9 nitrogen and oxygen atoms in total. The van der Waals surface area contributed by atoms with Crippen molar-refractivity contribution in [2.75, 3.05) is 55.0 Å². The van der Waals surface area contributed by atoms with E-state index >= 15 is 0 Å². The normalized spacial score (nSPS) is 19.0. The molecule has 2 amide bonds. The Kier molecular flexibility index (Phi) is 6.71. The number of urea groups is 1. The van der Waals surface area contributed by atoms with E-state index in [1.54, 1.807) is 29.2 Å². The maximum Gasteiger partial charge on any atom is 0.322 e. The second-order valence-electron chi connectivity index (χ2n) is 6.94. The number of hydrogen-bond donors (Lipinski definition) is 2. The lowest BCUT2D eigenvalue weighted by molar-refractivity contribution is 0.186. The number of anilines is 2. The first-order valence-electron chi connectivity index (χ1n) is 8.46. The number of carbonyl (C=O) groups excluding carboxylic acids is 1. The third kappa shape index (κ3) is 7.00. The van der Waals surface area contributed by atoms with Gasteiger partial charge in [-0.2, -0.15) is 0 Å². The summed E-state index contributed by atoms with van der Waals surface area (Å²) < 4.78 is 48.4. The van der Waals surface area contributed by atoms with Gasteiger partial charge in [0.05, 0.1) is 17.8 Å². The third-order valence-corrected chi connectivity index (χ3v) is 6.49. The molecule has 1 heterocycles. The Morgan fingerprint density at radius 3 is 2.22 bits per heavy atom. The van der Waals surface area contributed by atoms with E-state index < -0.39 is 19.9 Å². The zero-order chi connectivity index (χ0) is 20.2. The van der Waals surface area contributed by atoms with Crippen molar-refractivity contribution in [2.45, 2.75) is 12.5 Å². The van der Waals surface area contributed by atoms with E-state index in [9.17, 15) is 21.6 Å². The van der Waals surface area contributed by atoms with E-state index in [0.29, 0.717) is 30.9 Å². The van der Waals surface area contributed by atoms with Crippen molar-refractivity contribution >= 4 is 37.3 Å². The molecule has 1 atom stereocenters. The molecule has 0 aliphatic carbocycles. The van der Waals surface area contributed by atoms with Crippen molar-refractivity contribution in [3.05, 3.63) is 24.3 Å². The lowest BCUT2D eigenvalue weighted by Gasteiger charge is -2.29. The fraction of sp³-hybridized carbons (Fsp3) is 0.562. The predicted molar refractivity (Wildman–Crippen MR) is 106 cm³/mol. The molecule has 2 N–H and O–H groups in total. The summed E-state index contributed by atoms with van der Waals surface area (Å²) in [4.78, 5) is 16.2. The molecular formula is C16H26N4O5S2. The number of carbonyl (C=O) groups is 1. The number of sulfone groups is 1. The number of nitrogens with one attached hydrogen (secondary N) is 2. The molecule has 27 heavy (non-hydrogen) atoms. The maximum atomic E-state index is 12.7. The predicted octanol–water partition coefficient (Wildman–Crippen LogP) is 0.641. The quantitative estimate of drug-likeness (QED) is 0.671. The summed E-state index contributed by atoms with van der Waals surface area (Å²) >= 11 is 0. The number of rotatable bonds is 7. The average molecular weight is 419 g/mol. The van der Waals surface area contributed by atoms with Gasteiger partial charge in [-0.3, -0.25) is 4.72 Å². The van der Waals surface area contributed by atoms with Gasteiger partial charge in [-0.15, -0.1) is 0 Å². The van der Waals surface area contributed by atoms with Crippen LogP contribution in [0.4, 0.5) is 16.2 Å². The lowest BCUT2D eigenvalue weighted by Crippen LogP contribution is -2.46. The van der Waals surface area contributed by atoms with Gasteiger partial charge in [-0.1, -0.05) is 0 Å². The summed E-state index contributed by atoms with van der Waals surface area (Å²) in [6.07, 6.45) is 1.49. The van der Waals surface area contributed by atoms with Crippen LogP contribution >= 0.6 is 0 Å². The number of sulfonamides is 1. The lowest BCUT2D eigenvalue weighted by atomic mass is 10.2. The van der Waals surface area contributed by atoms with Crippen molar-refractivity contribution in [1.29, 1.82) is 0 Å². The highest BCUT2D eigenvalue weighted by atomic mass is 32.2. The van der Waals surface area contributed by atoms with Crippen molar-refractivity contribution in [2.24, 2.45) is 0 Å². The highest BCUT2D eigenvalue weighted by Gasteiger charge is 2.34. The molecule has 1 fully saturated rings. The van der Waals surface area contributed by atoms with Gasteiger partial charge < -0.3 is 15.1 Å². The van der Waals surface area contributed by atoms with Gasteiger partial charge in [0.2, 0.25) is 10.0 Å². The van der Waals surface area contributed by atoms with Gasteiger partial charge in [-0.05, 0) is 44.8 Å². The van der Waals surface area contributed by atoms with E-state index in [1.165, 1.54) is 0 Å². The first-order valence-corrected chi connectivity index (χ1v) is 12.2. The molecule has 1 unspecified atom stereocenters. The van der Waals surface area contributed by atoms with Gasteiger partial charge in [0, 0.05) is 30.5 Å². The van der Waals surface area contributed by atoms with Gasteiger partial charge in [-0.25, -0.2) is 21.6 Å². The van der Waals surface area contributed by atoms with Crippen LogP contribution in [0.3, 0.4) is 0 Å². The number of amides is 2. The van der Waals surface area contributed by atoms with Crippen molar-refractivity contribution in [3.8, 4) is 0 Å². The van der Waals surface area contributed by atoms with Crippen LogP contribution in [0.1, 0.15) is 6.42 Å². The zero-order valence-corrected chi connectivity index (χ0v) is 17.3. The minimum Gasteiger partial charge on any atom is -0.319 e. The maximum absolute atomic E-state index is 12.7. The Balaban J connectivity index is 2.08. The fourth-order valence-corrected chi connectivity index (χ4v) is 5.10. The van der Waals surface area contributed by atoms with E-state index in [-0.39, 0.29) is 23.6 Å². The van der Waals surface area contributed by atoms with Gasteiger partial charge in [0.1, 0.15) is 0 Å². The smallest absolute Gasteiger partial charge is 0.319 e. The Morgan fingerprint density at radius 1 is 1.15 bits per heavy atom. The first kappa shape index (κ1) is 21.5. The van der Waals surface area contributed by atoms with E-state index in [0.717, 1.165) is 6.26 Å². The van der Waals surface area contributed by atoms with Gasteiger partial charge in [0.15, 0.2) is 9.84 Å². The van der Waals surface area contributed by atoms with Crippen LogP contribution in [0, 0.1) is 0 Å². The van der Waals surface area contributed by atoms with Crippen molar-refractivity contribution < 1.29 is 21.6 Å². The molecule has 0 aromatic heterocycles. The van der Waals surface area contributed by atoms with Crippen molar-refractivity contribution in [3.63, 3.8) is 0 Å². The highest BCUT2D eigenvalue weighted by molar-refractivity contribution is 7.92. The number of nitrogens with zero attached hydrogens (tertiary/aromatic N) is 2. The monoisotopic (exact) mass is 418 g/mol. The molecule has 152 valence electrons. The van der Waals surface area contributed by atoms with Crippen LogP contribution in [0.2, 0.25) is 0 Å². The Labute approximate surface area is 160 Å². The minimum atomic E-state index is -3.37. The van der Waals surface area contributed by atoms with E-state index in [4.69, 9.17) is 0 Å². The number of benzene rings is 1. The molecule has 1 saturated heterocycles. The summed E-state index contributed by atoms with van der Waals surface area (Å²) in [5.74, 6) is 0.0698. The summed E-state index contributed by atoms with van der Waals surface area (Å²) in [5.41, 5.74) is 0.886. The largest absolute Gasteiger partial charge is 0.322 e. The SMILES string of the molecule is CN(C)CCN(C(=O)Nc1ccc(NS(C)(=O)=O)cc1)C1CCS(=O)(=O)C1. The average Bonchev–Trinajstić information content (AvgIpc) is 2.87. The Hall–Kier alpha value is -1.85. The van der Waals surface area contributed by atoms with Gasteiger partial charge >= 0.3 is 6.03 Å². The molecule has 2 rings (SSSR count). The van der Waals surface area contributed by atoms with Crippen molar-refractivity contribution in [1.82, 2.24) is 9.80 Å². The highest BCUT2D eigenvalue weighted by Crippen LogP contribution is 2.20. The van der Waals surface area contributed by atoms with Crippen LogP contribution < -0.4 is 10.0 Å². The molecule has 1 aliphatic rings. The summed E-state index contributed by atoms with van der Waals surface area (Å²) in [6, 6.07) is 5.53. The molecule has 1 aromatic rings. The molecule has 1 aliphatic heterocycles. The Morgan fingerprint density at radius 2 is 1.74 bits per heavy atom. The van der Waals surface area contributed by atoms with E-state index in [2.05, 4.69) is 10.0 Å². The summed E-state index contributed by atoms with van der Waals surface area (Å²) in [6.45, 7) is 1.02. The summed E-state index contributed by atoms with van der Waals surface area (Å²) in [5, 5.41) is 2.76. The molecule has 0 saturated carbocycles. The zero-order valence-electron chi connectivity index (χ0n) is 15.7. The van der Waals surface area contributed by atoms with Crippen LogP contribution in [-0.2, 0) is 19.9 Å². The molecule has 11 heteroatoms. The van der Waals surface area contributed by atoms with E-state index in [1.807, 2.05) is 19.0 Å². The van der Waals surface area contributed by atoms with Crippen LogP contribution in [0.5, 0.6) is 0 Å². The second-order valence-corrected chi connectivity index (χ2v) is 10.9. The molecular weight excluding hydrogens is 392 g/mol.